The van der Waals surface area contributed by atoms with E-state index in [-0.39, 0.29) is 18.3 Å². The van der Waals surface area contributed by atoms with E-state index >= 15 is 0 Å². The van der Waals surface area contributed by atoms with E-state index in [4.69, 9.17) is 13.7 Å². The molecule has 0 fully saturated rings. The summed E-state index contributed by atoms with van der Waals surface area (Å²) < 4.78 is 43.3. The van der Waals surface area contributed by atoms with E-state index in [0.29, 0.717) is 36.6 Å². The summed E-state index contributed by atoms with van der Waals surface area (Å²) in [5.41, 5.74) is 2.00. The minimum absolute atomic E-state index is 0.0118. The van der Waals surface area contributed by atoms with E-state index in [1.165, 1.54) is 37.4 Å². The highest BCUT2D eigenvalue weighted by Crippen LogP contribution is 2.26. The smallest absolute Gasteiger partial charge is 0.494 e. The maximum Gasteiger partial charge on any atom is 0.521 e. The van der Waals surface area contributed by atoms with Gasteiger partial charge in [0.25, 0.3) is 0 Å². The Hall–Kier alpha value is -3.80. The molecular formula is C20H21N3O8S. The van der Waals surface area contributed by atoms with E-state index in [2.05, 4.69) is 20.1 Å². The van der Waals surface area contributed by atoms with Gasteiger partial charge in [-0.3, -0.25) is 10.1 Å². The lowest BCUT2D eigenvalue weighted by Gasteiger charge is -2.18. The molecule has 0 aliphatic carbocycles. The van der Waals surface area contributed by atoms with Gasteiger partial charge in [0.05, 0.1) is 12.3 Å². The lowest BCUT2D eigenvalue weighted by Crippen LogP contribution is -2.20. The molecule has 0 radical (unpaired) electrons. The minimum atomic E-state index is -4.38. The van der Waals surface area contributed by atoms with Gasteiger partial charge in [0.15, 0.2) is 0 Å². The van der Waals surface area contributed by atoms with Gasteiger partial charge in [-0.05, 0) is 55.3 Å². The van der Waals surface area contributed by atoms with Crippen molar-refractivity contribution in [1.82, 2.24) is 0 Å². The second-order valence-corrected chi connectivity index (χ2v) is 7.70. The largest absolute Gasteiger partial charge is 0.521 e. The van der Waals surface area contributed by atoms with E-state index in [1.807, 2.05) is 0 Å². The molecule has 2 amide bonds. The molecule has 1 aliphatic heterocycles. The number of cyclic esters (lactones) is 1. The van der Waals surface area contributed by atoms with Gasteiger partial charge in [-0.1, -0.05) is 5.16 Å². The lowest BCUT2D eigenvalue weighted by molar-refractivity contribution is -0.114. The molecule has 3 rings (SSSR count). The van der Waals surface area contributed by atoms with Crippen molar-refractivity contribution in [2.24, 2.45) is 5.16 Å². The van der Waals surface area contributed by atoms with E-state index in [9.17, 15) is 18.0 Å². The van der Waals surface area contributed by atoms with Crippen molar-refractivity contribution in [3.05, 3.63) is 48.0 Å². The first-order valence-corrected chi connectivity index (χ1v) is 10.9. The third-order valence-corrected chi connectivity index (χ3v) is 4.67. The lowest BCUT2D eigenvalue weighted by atomic mass is 10.1. The summed E-state index contributed by atoms with van der Waals surface area (Å²) in [7, 11) is -4.38. The van der Waals surface area contributed by atoms with E-state index in [0.717, 1.165) is 5.56 Å². The monoisotopic (exact) mass is 463 g/mol. The summed E-state index contributed by atoms with van der Waals surface area (Å²) >= 11 is 0. The standard InChI is InChI=1S/C20H21N3O8S/c1-14(24)22-16-4-6-17(7-5-16)30-32(26,27)31-21-10-2-3-11-28-18-8-9-19-15(12-18)13-29-20(25)23-19/h4-10,12H,2-3,11,13H2,1H3,(H,22,24)(H,23,25). The molecule has 2 aromatic rings. The Labute approximate surface area is 184 Å². The predicted octanol–water partition coefficient (Wildman–Crippen LogP) is 3.19. The molecule has 2 aromatic carbocycles. The molecule has 0 aromatic heterocycles. The average Bonchev–Trinajstić information content (AvgIpc) is 2.74. The normalized spacial score (nSPS) is 13.0. The van der Waals surface area contributed by atoms with Crippen LogP contribution in [0.3, 0.4) is 0 Å². The third-order valence-electron chi connectivity index (χ3n) is 4.00. The summed E-state index contributed by atoms with van der Waals surface area (Å²) in [6, 6.07) is 11.0. The van der Waals surface area contributed by atoms with Gasteiger partial charge in [0.2, 0.25) is 5.91 Å². The zero-order valence-electron chi connectivity index (χ0n) is 17.1. The Morgan fingerprint density at radius 3 is 2.72 bits per heavy atom. The first-order chi connectivity index (χ1) is 15.3. The van der Waals surface area contributed by atoms with E-state index < -0.39 is 16.5 Å². The number of fused-ring (bicyclic) bond motifs is 1. The van der Waals surface area contributed by atoms with Crippen molar-refractivity contribution in [2.45, 2.75) is 26.4 Å². The van der Waals surface area contributed by atoms with Crippen molar-refractivity contribution in [2.75, 3.05) is 17.2 Å². The minimum Gasteiger partial charge on any atom is -0.494 e. The van der Waals surface area contributed by atoms with Gasteiger partial charge in [0.1, 0.15) is 18.1 Å². The van der Waals surface area contributed by atoms with Gasteiger partial charge < -0.3 is 19.0 Å². The summed E-state index contributed by atoms with van der Waals surface area (Å²) in [6.07, 6.45) is 1.77. The number of carbonyl (C=O) groups excluding carboxylic acids is 2. The predicted molar refractivity (Wildman–Crippen MR) is 115 cm³/mol. The van der Waals surface area contributed by atoms with Gasteiger partial charge in [-0.15, -0.1) is 8.42 Å². The molecule has 0 spiro atoms. The number of hydrogen-bond donors (Lipinski definition) is 2. The Kier molecular flexibility index (Phi) is 7.49. The molecule has 170 valence electrons. The molecule has 0 saturated carbocycles. The van der Waals surface area contributed by atoms with Crippen LogP contribution in [0, 0.1) is 0 Å². The first-order valence-electron chi connectivity index (χ1n) is 9.53. The number of carbonyl (C=O) groups is 2. The number of unbranched alkanes of at least 4 members (excludes halogenated alkanes) is 1. The number of benzene rings is 2. The van der Waals surface area contributed by atoms with Gasteiger partial charge in [-0.25, -0.2) is 9.08 Å². The highest BCUT2D eigenvalue weighted by molar-refractivity contribution is 7.82. The van der Waals surface area contributed by atoms with Crippen LogP contribution in [0.15, 0.2) is 47.6 Å². The fraction of sp³-hybridized carbons (Fsp3) is 0.250. The number of oxime groups is 1. The number of anilines is 2. The molecule has 32 heavy (non-hydrogen) atoms. The summed E-state index contributed by atoms with van der Waals surface area (Å²) in [4.78, 5) is 22.1. The van der Waals surface area contributed by atoms with Crippen LogP contribution in [0.1, 0.15) is 25.3 Å². The van der Waals surface area contributed by atoms with Crippen LogP contribution < -0.4 is 19.6 Å². The molecule has 0 unspecified atom stereocenters. The van der Waals surface area contributed by atoms with Crippen LogP contribution in [0.25, 0.3) is 0 Å². The maximum atomic E-state index is 11.8. The summed E-state index contributed by atoms with van der Waals surface area (Å²) in [6.45, 7) is 1.90. The van der Waals surface area contributed by atoms with Crippen molar-refractivity contribution in [3.8, 4) is 11.5 Å². The first kappa shape index (κ1) is 22.9. The van der Waals surface area contributed by atoms with Crippen LogP contribution in [-0.4, -0.2) is 33.2 Å². The van der Waals surface area contributed by atoms with Crippen molar-refractivity contribution in [3.63, 3.8) is 0 Å². The van der Waals surface area contributed by atoms with Crippen LogP contribution in [0.4, 0.5) is 16.2 Å². The number of hydrogen-bond acceptors (Lipinski definition) is 9. The number of rotatable bonds is 10. The molecule has 1 aliphatic rings. The maximum absolute atomic E-state index is 11.8. The summed E-state index contributed by atoms with van der Waals surface area (Å²) in [5.74, 6) is 0.386. The van der Waals surface area contributed by atoms with Crippen LogP contribution in [-0.2, 0) is 30.8 Å². The fourth-order valence-corrected chi connectivity index (χ4v) is 3.16. The molecule has 2 N–H and O–H groups in total. The van der Waals surface area contributed by atoms with Crippen molar-refractivity contribution < 1.29 is 35.9 Å². The third kappa shape index (κ3) is 7.16. The van der Waals surface area contributed by atoms with Crippen LogP contribution in [0.2, 0.25) is 0 Å². The van der Waals surface area contributed by atoms with Gasteiger partial charge in [-0.2, -0.15) is 0 Å². The zero-order chi connectivity index (χ0) is 23.0. The molecule has 0 saturated heterocycles. The van der Waals surface area contributed by atoms with Gasteiger partial charge >= 0.3 is 16.5 Å². The SMILES string of the molecule is CC(=O)Nc1ccc(OS(=O)(=O)ON=CCCCOc2ccc3c(c2)COC(=O)N3)cc1. The molecule has 11 nitrogen and oxygen atoms in total. The fourth-order valence-electron chi connectivity index (χ4n) is 2.62. The Bertz CT molecular complexity index is 1100. The average molecular weight is 463 g/mol. The number of amides is 2. The number of ether oxygens (including phenoxy) is 2. The summed E-state index contributed by atoms with van der Waals surface area (Å²) in [5, 5.41) is 8.54. The van der Waals surface area contributed by atoms with Gasteiger partial charge in [0, 0.05) is 24.4 Å². The Morgan fingerprint density at radius 2 is 1.97 bits per heavy atom. The van der Waals surface area contributed by atoms with E-state index in [1.54, 1.807) is 18.2 Å². The topological polar surface area (TPSA) is 142 Å². The quantitative estimate of drug-likeness (QED) is 0.311. The zero-order valence-corrected chi connectivity index (χ0v) is 17.9. The molecule has 12 heteroatoms. The number of nitrogens with one attached hydrogen (secondary N) is 2. The van der Waals surface area contributed by atoms with Crippen molar-refractivity contribution in [1.29, 1.82) is 0 Å². The second-order valence-electron chi connectivity index (χ2n) is 6.57. The molecule has 0 bridgehead atoms. The molecule has 1 heterocycles. The van der Waals surface area contributed by atoms with Crippen molar-refractivity contribution >= 4 is 40.0 Å². The van der Waals surface area contributed by atoms with Crippen LogP contribution >= 0.6 is 0 Å². The molecule has 0 atom stereocenters. The number of nitrogens with zero attached hydrogens (tertiary/aromatic N) is 1. The highest BCUT2D eigenvalue weighted by atomic mass is 32.3. The Balaban J connectivity index is 1.36. The highest BCUT2D eigenvalue weighted by Gasteiger charge is 2.16. The van der Waals surface area contributed by atoms with Crippen LogP contribution in [0.5, 0.6) is 11.5 Å². The second kappa shape index (κ2) is 10.5. The molecular weight excluding hydrogens is 442 g/mol. The Morgan fingerprint density at radius 1 is 1.22 bits per heavy atom.